The summed E-state index contributed by atoms with van der Waals surface area (Å²) in [5.74, 6) is 1.34. The van der Waals surface area contributed by atoms with Gasteiger partial charge in [-0.15, -0.1) is 0 Å². The second-order valence-corrected chi connectivity index (χ2v) is 8.29. The van der Waals surface area contributed by atoms with E-state index in [1.807, 2.05) is 24.3 Å². The lowest BCUT2D eigenvalue weighted by Gasteiger charge is -2.15. The van der Waals surface area contributed by atoms with Crippen molar-refractivity contribution in [2.45, 2.75) is 19.5 Å². The first-order chi connectivity index (χ1) is 16.7. The molecule has 5 aromatic rings. The van der Waals surface area contributed by atoms with E-state index in [0.29, 0.717) is 34.5 Å². The zero-order valence-electron chi connectivity index (χ0n) is 19.2. The van der Waals surface area contributed by atoms with Crippen LogP contribution in [0.2, 0.25) is 0 Å². The Balaban J connectivity index is 1.81. The van der Waals surface area contributed by atoms with Gasteiger partial charge in [-0.05, 0) is 48.9 Å². The highest BCUT2D eigenvalue weighted by Crippen LogP contribution is 2.34. The van der Waals surface area contributed by atoms with Gasteiger partial charge in [0, 0.05) is 25.1 Å². The summed E-state index contributed by atoms with van der Waals surface area (Å²) in [5, 5.41) is 0.492. The fourth-order valence-corrected chi connectivity index (χ4v) is 4.35. The van der Waals surface area contributed by atoms with Crippen molar-refractivity contribution in [1.29, 1.82) is 0 Å². The van der Waals surface area contributed by atoms with Gasteiger partial charge in [-0.1, -0.05) is 18.2 Å². The Hall–Kier alpha value is -4.14. The Morgan fingerprint density at radius 1 is 1.06 bits per heavy atom. The molecule has 0 aliphatic rings. The van der Waals surface area contributed by atoms with Crippen LogP contribution in [0, 0.1) is 6.92 Å². The summed E-state index contributed by atoms with van der Waals surface area (Å²) >= 11 is 0. The first-order valence-corrected chi connectivity index (χ1v) is 10.8. The molecule has 2 aromatic carbocycles. The Morgan fingerprint density at radius 2 is 1.80 bits per heavy atom. The number of alkyl halides is 3. The average molecular weight is 478 g/mol. The van der Waals surface area contributed by atoms with E-state index in [4.69, 9.17) is 4.74 Å². The van der Waals surface area contributed by atoms with Crippen molar-refractivity contribution in [3.05, 3.63) is 93.8 Å². The number of imidazole rings is 1. The normalized spacial score (nSPS) is 11.9. The molecule has 35 heavy (non-hydrogen) atoms. The molecule has 5 rings (SSSR count). The molecular formula is C26H21F3N4O2. The van der Waals surface area contributed by atoms with E-state index in [2.05, 4.69) is 9.97 Å². The summed E-state index contributed by atoms with van der Waals surface area (Å²) in [5.41, 5.74) is 1.36. The lowest BCUT2D eigenvalue weighted by atomic mass is 10.1. The topological polar surface area (TPSA) is 61.9 Å². The van der Waals surface area contributed by atoms with Gasteiger partial charge < -0.3 is 9.30 Å². The van der Waals surface area contributed by atoms with Crippen LogP contribution in [0.3, 0.4) is 0 Å². The predicted octanol–water partition coefficient (Wildman–Crippen LogP) is 5.20. The molecule has 0 fully saturated rings. The largest absolute Gasteiger partial charge is 0.497 e. The number of fused-ring (bicyclic) bond motifs is 3. The quantitative estimate of drug-likeness (QED) is 0.356. The van der Waals surface area contributed by atoms with E-state index in [9.17, 15) is 18.0 Å². The van der Waals surface area contributed by atoms with Gasteiger partial charge in [-0.2, -0.15) is 13.2 Å². The number of hydrogen-bond donors (Lipinski definition) is 0. The molecule has 6 nitrogen and oxygen atoms in total. The lowest BCUT2D eigenvalue weighted by molar-refractivity contribution is -0.137. The van der Waals surface area contributed by atoms with E-state index < -0.39 is 17.3 Å². The van der Waals surface area contributed by atoms with Gasteiger partial charge in [0.15, 0.2) is 5.52 Å². The zero-order valence-corrected chi connectivity index (χ0v) is 19.2. The molecule has 9 heteroatoms. The van der Waals surface area contributed by atoms with Crippen molar-refractivity contribution in [2.24, 2.45) is 7.05 Å². The summed E-state index contributed by atoms with van der Waals surface area (Å²) in [7, 11) is 3.36. The van der Waals surface area contributed by atoms with Crippen LogP contribution in [0.4, 0.5) is 13.2 Å². The SMILES string of the molecule is COc1ccc(Cc2nc3c(=O)n(-c4cccnc4C)c4cc(C(F)(F)F)ccc4c3n2C)cc1. The maximum Gasteiger partial charge on any atom is 0.416 e. The van der Waals surface area contributed by atoms with Crippen molar-refractivity contribution < 1.29 is 17.9 Å². The molecule has 178 valence electrons. The molecule has 0 amide bonds. The molecule has 0 N–H and O–H groups in total. The van der Waals surface area contributed by atoms with Gasteiger partial charge in [-0.3, -0.25) is 14.3 Å². The summed E-state index contributed by atoms with van der Waals surface area (Å²) in [6.07, 6.45) is -2.55. The van der Waals surface area contributed by atoms with E-state index in [-0.39, 0.29) is 11.0 Å². The monoisotopic (exact) mass is 478 g/mol. The van der Waals surface area contributed by atoms with Gasteiger partial charge in [0.05, 0.1) is 35.1 Å². The van der Waals surface area contributed by atoms with Gasteiger partial charge in [0.25, 0.3) is 5.56 Å². The minimum Gasteiger partial charge on any atom is -0.497 e. The van der Waals surface area contributed by atoms with Gasteiger partial charge in [0.1, 0.15) is 11.6 Å². The molecule has 0 unspecified atom stereocenters. The second-order valence-electron chi connectivity index (χ2n) is 8.29. The van der Waals surface area contributed by atoms with Crippen LogP contribution in [0.15, 0.2) is 65.6 Å². The minimum atomic E-state index is -4.56. The standard InChI is InChI=1S/C26H21F3N4O2/c1-15-20(5-4-12-30-15)33-21-14-17(26(27,28)29)8-11-19(21)24-23(25(33)34)31-22(32(24)2)13-16-6-9-18(35-3)10-7-16/h4-12,14H,13H2,1-3H3. The van der Waals surface area contributed by atoms with Crippen LogP contribution in [-0.2, 0) is 19.6 Å². The highest BCUT2D eigenvalue weighted by atomic mass is 19.4. The summed E-state index contributed by atoms with van der Waals surface area (Å²) < 4.78 is 49.0. The maximum absolute atomic E-state index is 13.7. The molecule has 0 bridgehead atoms. The third-order valence-corrected chi connectivity index (χ3v) is 6.16. The predicted molar refractivity (Wildman–Crippen MR) is 127 cm³/mol. The molecule has 0 saturated carbocycles. The molecule has 3 heterocycles. The van der Waals surface area contributed by atoms with Crippen LogP contribution >= 0.6 is 0 Å². The summed E-state index contributed by atoms with van der Waals surface area (Å²) in [6, 6.07) is 14.2. The van der Waals surface area contributed by atoms with Crippen LogP contribution in [0.1, 0.15) is 22.6 Å². The smallest absolute Gasteiger partial charge is 0.416 e. The molecule has 0 aliphatic carbocycles. The third kappa shape index (κ3) is 3.82. The maximum atomic E-state index is 13.7. The number of aryl methyl sites for hydroxylation is 2. The van der Waals surface area contributed by atoms with Crippen molar-refractivity contribution in [1.82, 2.24) is 19.1 Å². The highest BCUT2D eigenvalue weighted by Gasteiger charge is 2.31. The lowest BCUT2D eigenvalue weighted by Crippen LogP contribution is -2.21. The van der Waals surface area contributed by atoms with E-state index in [0.717, 1.165) is 23.4 Å². The number of methoxy groups -OCH3 is 1. The Bertz CT molecular complexity index is 1630. The Morgan fingerprint density at radius 3 is 2.46 bits per heavy atom. The van der Waals surface area contributed by atoms with Crippen molar-refractivity contribution in [3.8, 4) is 11.4 Å². The van der Waals surface area contributed by atoms with Gasteiger partial charge >= 0.3 is 6.18 Å². The van der Waals surface area contributed by atoms with Crippen LogP contribution in [0.25, 0.3) is 27.6 Å². The second kappa shape index (κ2) is 8.26. The number of pyridine rings is 2. The Kier molecular flexibility index (Phi) is 5.35. The fraction of sp³-hybridized carbons (Fsp3) is 0.192. The van der Waals surface area contributed by atoms with Crippen LogP contribution in [0.5, 0.6) is 5.75 Å². The number of benzene rings is 2. The minimum absolute atomic E-state index is 0.146. The number of hydrogen-bond acceptors (Lipinski definition) is 4. The fourth-order valence-electron chi connectivity index (χ4n) is 4.35. The molecule has 0 spiro atoms. The number of nitrogens with zero attached hydrogens (tertiary/aromatic N) is 4. The van der Waals surface area contributed by atoms with Crippen molar-refractivity contribution in [2.75, 3.05) is 7.11 Å². The van der Waals surface area contributed by atoms with Crippen LogP contribution < -0.4 is 10.3 Å². The summed E-state index contributed by atoms with van der Waals surface area (Å²) in [6.45, 7) is 1.71. The van der Waals surface area contributed by atoms with E-state index in [1.165, 1.54) is 10.6 Å². The molecule has 0 saturated heterocycles. The van der Waals surface area contributed by atoms with Gasteiger partial charge in [0.2, 0.25) is 0 Å². The third-order valence-electron chi connectivity index (χ3n) is 6.16. The molecule has 0 radical (unpaired) electrons. The van der Waals surface area contributed by atoms with E-state index in [1.54, 1.807) is 44.0 Å². The summed E-state index contributed by atoms with van der Waals surface area (Å²) in [4.78, 5) is 22.6. The molecule has 3 aromatic heterocycles. The Labute approximate surface area is 198 Å². The van der Waals surface area contributed by atoms with Gasteiger partial charge in [-0.25, -0.2) is 4.98 Å². The first-order valence-electron chi connectivity index (χ1n) is 10.8. The number of aromatic nitrogens is 4. The number of rotatable bonds is 4. The molecule has 0 atom stereocenters. The number of ether oxygens (including phenoxy) is 1. The average Bonchev–Trinajstić information content (AvgIpc) is 3.16. The number of halogens is 3. The van der Waals surface area contributed by atoms with Crippen LogP contribution in [-0.4, -0.2) is 26.2 Å². The van der Waals surface area contributed by atoms with E-state index >= 15 is 0 Å². The van der Waals surface area contributed by atoms with Crippen molar-refractivity contribution >= 4 is 21.9 Å². The van der Waals surface area contributed by atoms with Crippen molar-refractivity contribution in [3.63, 3.8) is 0 Å². The first kappa shape index (κ1) is 22.6. The molecule has 0 aliphatic heterocycles. The zero-order chi connectivity index (χ0) is 24.9. The molecular weight excluding hydrogens is 457 g/mol. The highest BCUT2D eigenvalue weighted by molar-refractivity contribution is 6.03.